The number of nitrogens with one attached hydrogen (secondary N) is 1. The van der Waals surface area contributed by atoms with Crippen LogP contribution in [0.3, 0.4) is 0 Å². The predicted octanol–water partition coefficient (Wildman–Crippen LogP) is 3.69. The largest absolute Gasteiger partial charge is 0.469 e. The fourth-order valence-corrected chi connectivity index (χ4v) is 2.05. The lowest BCUT2D eigenvalue weighted by atomic mass is 10.1. The number of carbonyl (C=O) groups is 1. The van der Waals surface area contributed by atoms with Gasteiger partial charge in [-0.3, -0.25) is 4.79 Å². The summed E-state index contributed by atoms with van der Waals surface area (Å²) in [6.07, 6.45) is 2.37. The van der Waals surface area contributed by atoms with Crippen LogP contribution in [0.5, 0.6) is 5.75 Å². The number of halogens is 2. The van der Waals surface area contributed by atoms with Gasteiger partial charge in [0.25, 0.3) is 0 Å². The van der Waals surface area contributed by atoms with Gasteiger partial charge in [0.2, 0.25) is 5.91 Å². The molecule has 0 aliphatic carbocycles. The molecule has 0 saturated heterocycles. The van der Waals surface area contributed by atoms with Gasteiger partial charge in [0.1, 0.15) is 11.5 Å². The first-order valence-electron chi connectivity index (χ1n) is 6.91. The van der Waals surface area contributed by atoms with Gasteiger partial charge in [-0.05, 0) is 36.8 Å². The van der Waals surface area contributed by atoms with E-state index in [0.717, 1.165) is 5.76 Å². The van der Waals surface area contributed by atoms with Crippen LogP contribution in [0.2, 0.25) is 0 Å². The van der Waals surface area contributed by atoms with Gasteiger partial charge in [-0.25, -0.2) is 0 Å². The maximum absolute atomic E-state index is 12.2. The summed E-state index contributed by atoms with van der Waals surface area (Å²) in [4.78, 5) is 11.9. The number of hydrogen-bond donors (Lipinski definition) is 1. The van der Waals surface area contributed by atoms with Gasteiger partial charge in [-0.1, -0.05) is 12.1 Å². The molecule has 0 aliphatic heterocycles. The zero-order valence-electron chi connectivity index (χ0n) is 12.1. The molecule has 4 nitrogen and oxygen atoms in total. The molecule has 0 radical (unpaired) electrons. The lowest BCUT2D eigenvalue weighted by Crippen LogP contribution is -2.26. The van der Waals surface area contributed by atoms with Gasteiger partial charge in [-0.15, -0.1) is 0 Å². The van der Waals surface area contributed by atoms with Gasteiger partial charge >= 0.3 is 6.61 Å². The summed E-state index contributed by atoms with van der Waals surface area (Å²) < 4.78 is 33.9. The Morgan fingerprint density at radius 1 is 1.32 bits per heavy atom. The summed E-state index contributed by atoms with van der Waals surface area (Å²) in [7, 11) is 0. The lowest BCUT2D eigenvalue weighted by molar-refractivity contribution is -0.121. The predicted molar refractivity (Wildman–Crippen MR) is 76.7 cm³/mol. The number of ether oxygens (including phenoxy) is 1. The minimum absolute atomic E-state index is 0.0733. The molecule has 22 heavy (non-hydrogen) atoms. The van der Waals surface area contributed by atoms with E-state index in [1.165, 1.54) is 12.1 Å². The summed E-state index contributed by atoms with van der Waals surface area (Å²) in [5, 5.41) is 2.82. The molecule has 2 aromatic rings. The highest BCUT2D eigenvalue weighted by molar-refractivity contribution is 5.76. The van der Waals surface area contributed by atoms with E-state index >= 15 is 0 Å². The molecule has 0 aliphatic rings. The number of carbonyl (C=O) groups excluding carboxylic acids is 1. The second-order valence-electron chi connectivity index (χ2n) is 4.82. The Morgan fingerprint density at radius 2 is 2.14 bits per heavy atom. The Morgan fingerprint density at radius 3 is 2.82 bits per heavy atom. The molecule has 1 aromatic heterocycles. The zero-order chi connectivity index (χ0) is 15.9. The molecule has 1 heterocycles. The Hall–Kier alpha value is -2.37. The van der Waals surface area contributed by atoms with Crippen LogP contribution in [0.1, 0.15) is 30.7 Å². The smallest absolute Gasteiger partial charge is 0.387 e. The third-order valence-corrected chi connectivity index (χ3v) is 3.14. The minimum atomic E-state index is -2.87. The average Bonchev–Trinajstić information content (AvgIpc) is 2.98. The second kappa shape index (κ2) is 7.59. The molecule has 118 valence electrons. The maximum atomic E-state index is 12.2. The highest BCUT2D eigenvalue weighted by Gasteiger charge is 2.12. The van der Waals surface area contributed by atoms with E-state index in [2.05, 4.69) is 10.1 Å². The fourth-order valence-electron chi connectivity index (χ4n) is 2.05. The molecule has 1 atom stereocenters. The molecule has 1 N–H and O–H groups in total. The van der Waals surface area contributed by atoms with Crippen molar-refractivity contribution >= 4 is 5.91 Å². The molecule has 0 saturated carbocycles. The van der Waals surface area contributed by atoms with Gasteiger partial charge in [0, 0.05) is 12.8 Å². The SMILES string of the molecule is C[C@H](NC(=O)CCc1ccco1)c1cccc(OC(F)F)c1. The number of benzene rings is 1. The van der Waals surface area contributed by atoms with Crippen molar-refractivity contribution in [3.8, 4) is 5.75 Å². The van der Waals surface area contributed by atoms with Crippen molar-refractivity contribution in [3.63, 3.8) is 0 Å². The van der Waals surface area contributed by atoms with Crippen LogP contribution in [-0.2, 0) is 11.2 Å². The van der Waals surface area contributed by atoms with Crippen LogP contribution in [-0.4, -0.2) is 12.5 Å². The van der Waals surface area contributed by atoms with E-state index in [-0.39, 0.29) is 17.7 Å². The average molecular weight is 309 g/mol. The minimum Gasteiger partial charge on any atom is -0.469 e. The quantitative estimate of drug-likeness (QED) is 0.848. The van der Waals surface area contributed by atoms with E-state index < -0.39 is 6.61 Å². The molecule has 0 bridgehead atoms. The molecule has 0 unspecified atom stereocenters. The van der Waals surface area contributed by atoms with E-state index in [1.807, 2.05) is 6.07 Å². The number of rotatable bonds is 7. The first-order chi connectivity index (χ1) is 10.5. The monoisotopic (exact) mass is 309 g/mol. The van der Waals surface area contributed by atoms with Crippen molar-refractivity contribution in [2.45, 2.75) is 32.4 Å². The van der Waals surface area contributed by atoms with E-state index in [4.69, 9.17) is 4.42 Å². The fraction of sp³-hybridized carbons (Fsp3) is 0.312. The Kier molecular flexibility index (Phi) is 5.52. The van der Waals surface area contributed by atoms with Crippen molar-refractivity contribution in [1.29, 1.82) is 0 Å². The van der Waals surface area contributed by atoms with Gasteiger partial charge in [-0.2, -0.15) is 8.78 Å². The zero-order valence-corrected chi connectivity index (χ0v) is 12.1. The Balaban J connectivity index is 1.88. The highest BCUT2D eigenvalue weighted by Crippen LogP contribution is 2.20. The molecular weight excluding hydrogens is 292 g/mol. The van der Waals surface area contributed by atoms with Gasteiger partial charge < -0.3 is 14.5 Å². The normalized spacial score (nSPS) is 12.2. The van der Waals surface area contributed by atoms with Crippen molar-refractivity contribution in [2.24, 2.45) is 0 Å². The summed E-state index contributed by atoms with van der Waals surface area (Å²) in [5.74, 6) is 0.684. The molecule has 2 rings (SSSR count). The van der Waals surface area contributed by atoms with Crippen LogP contribution in [0.15, 0.2) is 47.1 Å². The summed E-state index contributed by atoms with van der Waals surface area (Å²) in [6, 6.07) is 9.57. The first-order valence-corrected chi connectivity index (χ1v) is 6.91. The third kappa shape index (κ3) is 4.87. The van der Waals surface area contributed by atoms with E-state index in [1.54, 1.807) is 31.4 Å². The molecule has 6 heteroatoms. The molecule has 1 aromatic carbocycles. The lowest BCUT2D eigenvalue weighted by Gasteiger charge is -2.15. The van der Waals surface area contributed by atoms with Crippen LogP contribution in [0, 0.1) is 0 Å². The van der Waals surface area contributed by atoms with Crippen molar-refractivity contribution in [1.82, 2.24) is 5.32 Å². The number of aryl methyl sites for hydroxylation is 1. The third-order valence-electron chi connectivity index (χ3n) is 3.14. The van der Waals surface area contributed by atoms with Crippen LogP contribution < -0.4 is 10.1 Å². The highest BCUT2D eigenvalue weighted by atomic mass is 19.3. The number of furan rings is 1. The van der Waals surface area contributed by atoms with Crippen molar-refractivity contribution in [3.05, 3.63) is 54.0 Å². The maximum Gasteiger partial charge on any atom is 0.387 e. The van der Waals surface area contributed by atoms with Crippen LogP contribution >= 0.6 is 0 Å². The summed E-state index contributed by atoms with van der Waals surface area (Å²) in [5.41, 5.74) is 0.699. The number of alkyl halides is 2. The van der Waals surface area contributed by atoms with Crippen molar-refractivity contribution < 1.29 is 22.7 Å². The van der Waals surface area contributed by atoms with Crippen molar-refractivity contribution in [2.75, 3.05) is 0 Å². The number of hydrogen-bond acceptors (Lipinski definition) is 3. The standard InChI is InChI=1S/C16H17F2NO3/c1-11(12-4-2-5-14(10-12)22-16(17)18)19-15(20)8-7-13-6-3-9-21-13/h2-6,9-11,16H,7-8H2,1H3,(H,19,20)/t11-/m0/s1. The molecule has 0 fully saturated rings. The Labute approximate surface area is 127 Å². The Bertz CT molecular complexity index is 599. The second-order valence-corrected chi connectivity index (χ2v) is 4.82. The first kappa shape index (κ1) is 16.0. The molecule has 0 spiro atoms. The van der Waals surface area contributed by atoms with E-state index in [9.17, 15) is 13.6 Å². The summed E-state index contributed by atoms with van der Waals surface area (Å²) >= 11 is 0. The topological polar surface area (TPSA) is 51.5 Å². The number of amides is 1. The van der Waals surface area contributed by atoms with Gasteiger partial charge in [0.05, 0.1) is 12.3 Å². The molecular formula is C16H17F2NO3. The van der Waals surface area contributed by atoms with Gasteiger partial charge in [0.15, 0.2) is 0 Å². The van der Waals surface area contributed by atoms with E-state index in [0.29, 0.717) is 18.4 Å². The van der Waals surface area contributed by atoms with Crippen LogP contribution in [0.25, 0.3) is 0 Å². The molecule has 1 amide bonds. The van der Waals surface area contributed by atoms with Crippen LogP contribution in [0.4, 0.5) is 8.78 Å². The summed E-state index contributed by atoms with van der Waals surface area (Å²) in [6.45, 7) is -1.08.